The number of rotatable bonds is 3. The molecule has 2 heterocycles. The van der Waals surface area contributed by atoms with E-state index in [9.17, 15) is 15.2 Å². The van der Waals surface area contributed by atoms with E-state index in [1.54, 1.807) is 23.9 Å². The second kappa shape index (κ2) is 6.41. The molecule has 1 atom stereocenters. The summed E-state index contributed by atoms with van der Waals surface area (Å²) < 4.78 is 1.99. The number of para-hydroxylation sites is 1. The lowest BCUT2D eigenvalue weighted by Crippen LogP contribution is -2.41. The van der Waals surface area contributed by atoms with Gasteiger partial charge in [0.2, 0.25) is 0 Å². The predicted octanol–water partition coefficient (Wildman–Crippen LogP) is 3.07. The summed E-state index contributed by atoms with van der Waals surface area (Å²) in [6, 6.07) is 14.4. The number of amidine groups is 1. The second-order valence-corrected chi connectivity index (χ2v) is 7.69. The standard InChI is InChI=1S/C19H20N3O3S/c1-14-6-2-3-9-17(14)20-13-19(23,21-10-5-11-26-18(20)21)15-7-4-8-16(12-15)22(24)25/h2-4,6-9,12,23H,5,10-11,13H2,1H3/q+1. The molecule has 2 aliphatic heterocycles. The third-order valence-corrected chi connectivity index (χ3v) is 6.16. The van der Waals surface area contributed by atoms with Gasteiger partial charge in [-0.25, -0.2) is 9.48 Å². The molecule has 134 valence electrons. The molecule has 0 radical (unpaired) electrons. The maximum absolute atomic E-state index is 11.6. The number of anilines is 1. The molecule has 0 fully saturated rings. The number of thioether (sulfide) groups is 1. The van der Waals surface area contributed by atoms with Gasteiger partial charge in [0, 0.05) is 23.4 Å². The predicted molar refractivity (Wildman–Crippen MR) is 103 cm³/mol. The van der Waals surface area contributed by atoms with Crippen molar-refractivity contribution in [3.05, 3.63) is 69.8 Å². The quantitative estimate of drug-likeness (QED) is 0.511. The van der Waals surface area contributed by atoms with Crippen LogP contribution in [0, 0.1) is 17.0 Å². The summed E-state index contributed by atoms with van der Waals surface area (Å²) in [5, 5.41) is 23.8. The number of hydrogen-bond acceptors (Lipinski definition) is 5. The molecule has 0 bridgehead atoms. The van der Waals surface area contributed by atoms with Crippen molar-refractivity contribution in [2.75, 3.05) is 23.7 Å². The van der Waals surface area contributed by atoms with Crippen LogP contribution in [0.2, 0.25) is 0 Å². The minimum atomic E-state index is -1.28. The molecule has 6 nitrogen and oxygen atoms in total. The maximum Gasteiger partial charge on any atom is 0.316 e. The van der Waals surface area contributed by atoms with Gasteiger partial charge in [0.05, 0.1) is 11.5 Å². The van der Waals surface area contributed by atoms with Gasteiger partial charge in [-0.2, -0.15) is 0 Å². The minimum Gasteiger partial charge on any atom is -0.346 e. The topological polar surface area (TPSA) is 69.6 Å². The molecule has 1 N–H and O–H groups in total. The number of nitro groups is 1. The van der Waals surface area contributed by atoms with Gasteiger partial charge in [-0.3, -0.25) is 10.1 Å². The lowest BCUT2D eigenvalue weighted by atomic mass is 10.0. The van der Waals surface area contributed by atoms with Crippen LogP contribution in [0.1, 0.15) is 17.5 Å². The van der Waals surface area contributed by atoms with Crippen LogP contribution in [0.15, 0.2) is 48.5 Å². The summed E-state index contributed by atoms with van der Waals surface area (Å²) in [5.41, 5.74) is 1.47. The number of aryl methyl sites for hydroxylation is 1. The molecule has 1 unspecified atom stereocenters. The lowest BCUT2D eigenvalue weighted by molar-refractivity contribution is -0.656. The van der Waals surface area contributed by atoms with Gasteiger partial charge in [0.25, 0.3) is 11.4 Å². The first-order valence-electron chi connectivity index (χ1n) is 8.58. The van der Waals surface area contributed by atoms with Gasteiger partial charge in [-0.15, -0.1) is 0 Å². The van der Waals surface area contributed by atoms with E-state index < -0.39 is 10.6 Å². The summed E-state index contributed by atoms with van der Waals surface area (Å²) >= 11 is 1.73. The Hall–Kier alpha value is -2.38. The first-order valence-corrected chi connectivity index (χ1v) is 9.57. The highest BCUT2D eigenvalue weighted by atomic mass is 32.2. The van der Waals surface area contributed by atoms with Gasteiger partial charge < -0.3 is 5.11 Å². The zero-order valence-corrected chi connectivity index (χ0v) is 15.3. The first-order chi connectivity index (χ1) is 12.5. The number of nitro benzene ring substituents is 1. The van der Waals surface area contributed by atoms with Crippen LogP contribution in [0.4, 0.5) is 11.4 Å². The smallest absolute Gasteiger partial charge is 0.316 e. The highest BCUT2D eigenvalue weighted by Gasteiger charge is 2.53. The van der Waals surface area contributed by atoms with Crippen molar-refractivity contribution in [1.82, 2.24) is 0 Å². The van der Waals surface area contributed by atoms with Gasteiger partial charge >= 0.3 is 5.17 Å². The van der Waals surface area contributed by atoms with E-state index >= 15 is 0 Å². The van der Waals surface area contributed by atoms with E-state index in [-0.39, 0.29) is 5.69 Å². The average Bonchev–Trinajstić information content (AvgIpc) is 2.97. The van der Waals surface area contributed by atoms with E-state index in [1.165, 1.54) is 12.1 Å². The molecule has 0 aromatic heterocycles. The average molecular weight is 370 g/mol. The Balaban J connectivity index is 1.83. The van der Waals surface area contributed by atoms with Crippen LogP contribution >= 0.6 is 11.8 Å². The molecule has 0 spiro atoms. The Morgan fingerprint density at radius 1 is 1.27 bits per heavy atom. The van der Waals surface area contributed by atoms with E-state index in [2.05, 4.69) is 24.0 Å². The van der Waals surface area contributed by atoms with Crippen molar-refractivity contribution in [1.29, 1.82) is 0 Å². The van der Waals surface area contributed by atoms with E-state index in [0.717, 1.165) is 35.1 Å². The highest BCUT2D eigenvalue weighted by Crippen LogP contribution is 2.39. The van der Waals surface area contributed by atoms with Gasteiger partial charge in [0.1, 0.15) is 5.69 Å². The van der Waals surface area contributed by atoms with Crippen LogP contribution < -0.4 is 4.90 Å². The third kappa shape index (κ3) is 2.68. The summed E-state index contributed by atoms with van der Waals surface area (Å²) in [4.78, 5) is 12.9. The highest BCUT2D eigenvalue weighted by molar-refractivity contribution is 8.13. The van der Waals surface area contributed by atoms with Crippen LogP contribution in [-0.4, -0.2) is 38.6 Å². The molecule has 2 aromatic carbocycles. The molecule has 0 aliphatic carbocycles. The SMILES string of the molecule is Cc1ccccc1N1CC(O)(c2cccc([N+](=O)[O-])c2)[N+]2=C1SCCC2. The fourth-order valence-electron chi connectivity index (χ4n) is 3.67. The molecule has 0 amide bonds. The van der Waals surface area contributed by atoms with E-state index in [1.807, 2.05) is 16.7 Å². The molecule has 26 heavy (non-hydrogen) atoms. The summed E-state index contributed by atoms with van der Waals surface area (Å²) in [7, 11) is 0. The van der Waals surface area contributed by atoms with Crippen molar-refractivity contribution in [3.8, 4) is 0 Å². The van der Waals surface area contributed by atoms with Crippen LogP contribution in [0.25, 0.3) is 0 Å². The van der Waals surface area contributed by atoms with Crippen molar-refractivity contribution >= 4 is 28.3 Å². The van der Waals surface area contributed by atoms with Gasteiger partial charge in [0.15, 0.2) is 6.54 Å². The number of non-ortho nitro benzene ring substituents is 1. The van der Waals surface area contributed by atoms with Crippen molar-refractivity contribution < 1.29 is 14.6 Å². The normalized spacial score (nSPS) is 22.5. The monoisotopic (exact) mass is 370 g/mol. The molecule has 2 aliphatic rings. The number of hydrogen-bond donors (Lipinski definition) is 1. The Labute approximate surface area is 155 Å². The fraction of sp³-hybridized carbons (Fsp3) is 0.316. The van der Waals surface area contributed by atoms with Gasteiger partial charge in [-0.05, 0) is 36.7 Å². The zero-order valence-electron chi connectivity index (χ0n) is 14.5. The lowest BCUT2D eigenvalue weighted by Gasteiger charge is -2.24. The van der Waals surface area contributed by atoms with E-state index in [0.29, 0.717) is 12.1 Å². The molecular weight excluding hydrogens is 350 g/mol. The molecule has 2 aromatic rings. The van der Waals surface area contributed by atoms with Crippen molar-refractivity contribution in [2.24, 2.45) is 0 Å². The molecule has 4 rings (SSSR count). The number of nitrogens with zero attached hydrogens (tertiary/aromatic N) is 3. The number of β-amino-alcohol motifs (C(OH)–C–C–N with tert-alkyl or cyclic N) is 1. The van der Waals surface area contributed by atoms with Crippen LogP contribution in [0.5, 0.6) is 0 Å². The fourth-order valence-corrected chi connectivity index (χ4v) is 4.84. The maximum atomic E-state index is 11.6. The molecular formula is C19H20N3O3S+. The second-order valence-electron chi connectivity index (χ2n) is 6.63. The zero-order chi connectivity index (χ0) is 18.3. The number of benzene rings is 2. The third-order valence-electron chi connectivity index (χ3n) is 4.97. The van der Waals surface area contributed by atoms with Crippen LogP contribution in [0.3, 0.4) is 0 Å². The minimum absolute atomic E-state index is 0.00326. The molecule has 0 saturated heterocycles. The Morgan fingerprint density at radius 2 is 2.08 bits per heavy atom. The Bertz CT molecular complexity index is 914. The van der Waals surface area contributed by atoms with Gasteiger partial charge in [-0.1, -0.05) is 30.3 Å². The van der Waals surface area contributed by atoms with E-state index in [4.69, 9.17) is 0 Å². The Morgan fingerprint density at radius 3 is 2.85 bits per heavy atom. The van der Waals surface area contributed by atoms with Crippen molar-refractivity contribution in [2.45, 2.75) is 19.1 Å². The van der Waals surface area contributed by atoms with Crippen molar-refractivity contribution in [3.63, 3.8) is 0 Å². The van der Waals surface area contributed by atoms with Crippen LogP contribution in [-0.2, 0) is 5.72 Å². The molecule has 0 saturated carbocycles. The Kier molecular flexibility index (Phi) is 4.20. The summed E-state index contributed by atoms with van der Waals surface area (Å²) in [6.07, 6.45) is 0.965. The first kappa shape index (κ1) is 17.1. The summed E-state index contributed by atoms with van der Waals surface area (Å²) in [5.74, 6) is 0.999. The largest absolute Gasteiger partial charge is 0.346 e. The number of aliphatic hydroxyl groups is 1. The molecule has 7 heteroatoms. The summed E-state index contributed by atoms with van der Waals surface area (Å²) in [6.45, 7) is 3.13.